The highest BCUT2D eigenvalue weighted by Crippen LogP contribution is 2.25. The lowest BCUT2D eigenvalue weighted by atomic mass is 10.0. The maximum atomic E-state index is 9.63. The Kier molecular flexibility index (Phi) is 5.83. The molecule has 4 heteroatoms. The SMILES string of the molecule is COCCNCc1cc(C)ccc1N1CCC(O)CC1. The van der Waals surface area contributed by atoms with Crippen LogP contribution in [0.3, 0.4) is 0 Å². The second-order valence-electron chi connectivity index (χ2n) is 5.52. The molecule has 4 nitrogen and oxygen atoms in total. The van der Waals surface area contributed by atoms with Gasteiger partial charge in [0.15, 0.2) is 0 Å². The van der Waals surface area contributed by atoms with E-state index in [1.54, 1.807) is 7.11 Å². The van der Waals surface area contributed by atoms with Crippen LogP contribution in [0.4, 0.5) is 5.69 Å². The first-order valence-corrected chi connectivity index (χ1v) is 7.43. The lowest BCUT2D eigenvalue weighted by Crippen LogP contribution is -2.36. The van der Waals surface area contributed by atoms with Crippen molar-refractivity contribution in [2.45, 2.75) is 32.4 Å². The fourth-order valence-corrected chi connectivity index (χ4v) is 2.67. The minimum absolute atomic E-state index is 0.125. The molecule has 0 unspecified atom stereocenters. The van der Waals surface area contributed by atoms with Crippen molar-refractivity contribution in [3.63, 3.8) is 0 Å². The fourth-order valence-electron chi connectivity index (χ4n) is 2.67. The fraction of sp³-hybridized carbons (Fsp3) is 0.625. The predicted octanol–water partition coefficient (Wildman–Crippen LogP) is 1.69. The first-order chi connectivity index (χ1) is 9.70. The van der Waals surface area contributed by atoms with Crippen LogP contribution in [0, 0.1) is 6.92 Å². The van der Waals surface area contributed by atoms with Crippen molar-refractivity contribution in [3.05, 3.63) is 29.3 Å². The molecule has 0 spiro atoms. The molecule has 20 heavy (non-hydrogen) atoms. The standard InChI is InChI=1S/C16H26N2O2/c1-13-3-4-16(18-8-5-15(19)6-9-18)14(11-13)12-17-7-10-20-2/h3-4,11,15,17,19H,5-10,12H2,1-2H3. The molecule has 0 atom stereocenters. The van der Waals surface area contributed by atoms with Crippen LogP contribution in [0.2, 0.25) is 0 Å². The van der Waals surface area contributed by atoms with Crippen molar-refractivity contribution >= 4 is 5.69 Å². The smallest absolute Gasteiger partial charge is 0.0587 e. The third kappa shape index (κ3) is 4.20. The van der Waals surface area contributed by atoms with Crippen molar-refractivity contribution in [3.8, 4) is 0 Å². The Labute approximate surface area is 121 Å². The molecule has 1 saturated heterocycles. The van der Waals surface area contributed by atoms with Gasteiger partial charge < -0.3 is 20.1 Å². The van der Waals surface area contributed by atoms with Crippen molar-refractivity contribution < 1.29 is 9.84 Å². The molecule has 1 aliphatic heterocycles. The molecule has 0 amide bonds. The maximum Gasteiger partial charge on any atom is 0.0587 e. The first-order valence-electron chi connectivity index (χ1n) is 7.43. The quantitative estimate of drug-likeness (QED) is 0.777. The summed E-state index contributed by atoms with van der Waals surface area (Å²) >= 11 is 0. The van der Waals surface area contributed by atoms with Crippen LogP contribution in [0.5, 0.6) is 0 Å². The minimum Gasteiger partial charge on any atom is -0.393 e. The molecular weight excluding hydrogens is 252 g/mol. The van der Waals surface area contributed by atoms with Crippen LogP contribution in [0.25, 0.3) is 0 Å². The molecule has 0 radical (unpaired) electrons. The molecule has 1 aliphatic rings. The Balaban J connectivity index is 2.03. The van der Waals surface area contributed by atoms with Gasteiger partial charge in [0, 0.05) is 39.0 Å². The molecule has 0 saturated carbocycles. The van der Waals surface area contributed by atoms with Crippen molar-refractivity contribution in [2.24, 2.45) is 0 Å². The highest BCUT2D eigenvalue weighted by atomic mass is 16.5. The number of aryl methyl sites for hydroxylation is 1. The Morgan fingerprint density at radius 3 is 2.80 bits per heavy atom. The van der Waals surface area contributed by atoms with Gasteiger partial charge in [-0.2, -0.15) is 0 Å². The third-order valence-electron chi connectivity index (χ3n) is 3.84. The second kappa shape index (κ2) is 7.62. The van der Waals surface area contributed by atoms with Gasteiger partial charge in [-0.15, -0.1) is 0 Å². The zero-order chi connectivity index (χ0) is 14.4. The average molecular weight is 278 g/mol. The van der Waals surface area contributed by atoms with E-state index in [-0.39, 0.29) is 6.10 Å². The van der Waals surface area contributed by atoms with Crippen molar-refractivity contribution in [2.75, 3.05) is 38.3 Å². The number of piperidine rings is 1. The van der Waals surface area contributed by atoms with E-state index >= 15 is 0 Å². The average Bonchev–Trinajstić information content (AvgIpc) is 2.45. The zero-order valence-electron chi connectivity index (χ0n) is 12.6. The number of nitrogens with zero attached hydrogens (tertiary/aromatic N) is 1. The van der Waals surface area contributed by atoms with E-state index in [2.05, 4.69) is 35.3 Å². The van der Waals surface area contributed by atoms with Crippen LogP contribution < -0.4 is 10.2 Å². The third-order valence-corrected chi connectivity index (χ3v) is 3.84. The lowest BCUT2D eigenvalue weighted by molar-refractivity contribution is 0.145. The number of nitrogens with one attached hydrogen (secondary N) is 1. The molecule has 1 aromatic carbocycles. The largest absolute Gasteiger partial charge is 0.393 e. The van der Waals surface area contributed by atoms with Gasteiger partial charge >= 0.3 is 0 Å². The molecule has 0 aliphatic carbocycles. The van der Waals surface area contributed by atoms with E-state index in [1.165, 1.54) is 16.8 Å². The highest BCUT2D eigenvalue weighted by Gasteiger charge is 2.19. The van der Waals surface area contributed by atoms with Gasteiger partial charge in [0.2, 0.25) is 0 Å². The Morgan fingerprint density at radius 1 is 1.35 bits per heavy atom. The minimum atomic E-state index is -0.125. The molecule has 2 rings (SSSR count). The molecular formula is C16H26N2O2. The van der Waals surface area contributed by atoms with E-state index in [0.29, 0.717) is 0 Å². The molecule has 0 bridgehead atoms. The van der Waals surface area contributed by atoms with Crippen molar-refractivity contribution in [1.29, 1.82) is 0 Å². The van der Waals surface area contributed by atoms with E-state index in [1.807, 2.05) is 0 Å². The van der Waals surface area contributed by atoms with Crippen LogP contribution >= 0.6 is 0 Å². The monoisotopic (exact) mass is 278 g/mol. The van der Waals surface area contributed by atoms with Gasteiger partial charge in [-0.05, 0) is 31.4 Å². The summed E-state index contributed by atoms with van der Waals surface area (Å²) in [5.41, 5.74) is 3.92. The van der Waals surface area contributed by atoms with E-state index in [4.69, 9.17) is 4.74 Å². The Morgan fingerprint density at radius 2 is 2.10 bits per heavy atom. The number of hydrogen-bond acceptors (Lipinski definition) is 4. The molecule has 1 fully saturated rings. The molecule has 112 valence electrons. The van der Waals surface area contributed by atoms with Gasteiger partial charge in [-0.25, -0.2) is 0 Å². The number of aliphatic hydroxyl groups excluding tert-OH is 1. The molecule has 2 N–H and O–H groups in total. The summed E-state index contributed by atoms with van der Waals surface area (Å²) in [6.07, 6.45) is 1.61. The van der Waals surface area contributed by atoms with E-state index < -0.39 is 0 Å². The maximum absolute atomic E-state index is 9.63. The van der Waals surface area contributed by atoms with Crippen LogP contribution in [0.1, 0.15) is 24.0 Å². The number of anilines is 1. The summed E-state index contributed by atoms with van der Waals surface area (Å²) in [5.74, 6) is 0. The zero-order valence-corrected chi connectivity index (χ0v) is 12.6. The number of methoxy groups -OCH3 is 1. The van der Waals surface area contributed by atoms with Crippen LogP contribution in [0.15, 0.2) is 18.2 Å². The highest BCUT2D eigenvalue weighted by molar-refractivity contribution is 5.55. The predicted molar refractivity (Wildman–Crippen MR) is 82.2 cm³/mol. The summed E-state index contributed by atoms with van der Waals surface area (Å²) in [6, 6.07) is 6.62. The molecule has 0 aromatic heterocycles. The van der Waals surface area contributed by atoms with Gasteiger partial charge in [-0.3, -0.25) is 0 Å². The number of ether oxygens (including phenoxy) is 1. The van der Waals surface area contributed by atoms with Gasteiger partial charge in [0.05, 0.1) is 12.7 Å². The van der Waals surface area contributed by atoms with Crippen molar-refractivity contribution in [1.82, 2.24) is 5.32 Å². The second-order valence-corrected chi connectivity index (χ2v) is 5.52. The van der Waals surface area contributed by atoms with Crippen LogP contribution in [-0.4, -0.2) is 44.6 Å². The summed E-state index contributed by atoms with van der Waals surface area (Å²) < 4.78 is 5.06. The van der Waals surface area contributed by atoms with Crippen LogP contribution in [-0.2, 0) is 11.3 Å². The normalized spacial score (nSPS) is 16.6. The number of benzene rings is 1. The van der Waals surface area contributed by atoms with E-state index in [9.17, 15) is 5.11 Å². The number of rotatable bonds is 6. The number of aliphatic hydroxyl groups is 1. The molecule has 1 aromatic rings. The summed E-state index contributed by atoms with van der Waals surface area (Å²) in [5, 5.41) is 13.1. The summed E-state index contributed by atoms with van der Waals surface area (Å²) in [4.78, 5) is 2.39. The first kappa shape index (κ1) is 15.3. The van der Waals surface area contributed by atoms with Gasteiger partial charge in [0.1, 0.15) is 0 Å². The topological polar surface area (TPSA) is 44.7 Å². The Hall–Kier alpha value is -1.10. The molecule has 1 heterocycles. The van der Waals surface area contributed by atoms with Gasteiger partial charge in [-0.1, -0.05) is 17.7 Å². The Bertz CT molecular complexity index is 415. The number of hydrogen-bond donors (Lipinski definition) is 2. The van der Waals surface area contributed by atoms with E-state index in [0.717, 1.165) is 45.6 Å². The summed E-state index contributed by atoms with van der Waals surface area (Å²) in [7, 11) is 1.72. The summed E-state index contributed by atoms with van der Waals surface area (Å²) in [6.45, 7) is 6.46. The lowest BCUT2D eigenvalue weighted by Gasteiger charge is -2.33. The van der Waals surface area contributed by atoms with Gasteiger partial charge in [0.25, 0.3) is 0 Å².